The minimum absolute atomic E-state index is 0. The quantitative estimate of drug-likeness (QED) is 0.544. The Morgan fingerprint density at radius 1 is 1.04 bits per heavy atom. The van der Waals surface area contributed by atoms with Crippen LogP contribution in [0.2, 0.25) is 0 Å². The standard InChI is InChI=1S/C18H13FN4O.ClH/c1-12-16(5-6-17-20-7-8-23(12)17)13-10-21-18(22-11-13)24-15-4-2-3-14(19)9-15;/h2-11H,1H3;1H. The molecule has 3 aromatic heterocycles. The summed E-state index contributed by atoms with van der Waals surface area (Å²) in [6.07, 6.45) is 7.05. The summed E-state index contributed by atoms with van der Waals surface area (Å²) in [4.78, 5) is 12.7. The zero-order chi connectivity index (χ0) is 16.5. The lowest BCUT2D eigenvalue weighted by atomic mass is 10.1. The van der Waals surface area contributed by atoms with Crippen molar-refractivity contribution in [3.63, 3.8) is 0 Å². The molecule has 0 aliphatic rings. The molecule has 25 heavy (non-hydrogen) atoms. The first-order valence-corrected chi connectivity index (χ1v) is 7.39. The number of hydrogen-bond donors (Lipinski definition) is 0. The van der Waals surface area contributed by atoms with Crippen LogP contribution in [0.3, 0.4) is 0 Å². The van der Waals surface area contributed by atoms with E-state index in [1.807, 2.05) is 29.7 Å². The van der Waals surface area contributed by atoms with Gasteiger partial charge in [0.25, 0.3) is 0 Å². The zero-order valence-corrected chi connectivity index (χ0v) is 14.1. The Kier molecular flexibility index (Phi) is 4.63. The van der Waals surface area contributed by atoms with E-state index in [1.54, 1.807) is 30.7 Å². The molecule has 0 radical (unpaired) electrons. The van der Waals surface area contributed by atoms with Crippen molar-refractivity contribution in [3.8, 4) is 22.9 Å². The maximum atomic E-state index is 13.2. The van der Waals surface area contributed by atoms with Gasteiger partial charge in [0.2, 0.25) is 0 Å². The second-order valence-electron chi connectivity index (χ2n) is 5.30. The van der Waals surface area contributed by atoms with Crippen LogP contribution in [0.15, 0.2) is 61.2 Å². The van der Waals surface area contributed by atoms with Gasteiger partial charge in [-0.25, -0.2) is 19.3 Å². The number of nitrogens with zero attached hydrogens (tertiary/aromatic N) is 4. The Balaban J connectivity index is 0.00000182. The summed E-state index contributed by atoms with van der Waals surface area (Å²) in [5.41, 5.74) is 3.82. The van der Waals surface area contributed by atoms with Crippen LogP contribution >= 0.6 is 12.4 Å². The van der Waals surface area contributed by atoms with Crippen molar-refractivity contribution in [2.45, 2.75) is 6.92 Å². The van der Waals surface area contributed by atoms with Crippen molar-refractivity contribution < 1.29 is 9.13 Å². The molecule has 4 rings (SSSR count). The Hall–Kier alpha value is -2.99. The minimum Gasteiger partial charge on any atom is -0.424 e. The molecule has 7 heteroatoms. The molecule has 0 aliphatic heterocycles. The van der Waals surface area contributed by atoms with E-state index in [1.165, 1.54) is 12.1 Å². The number of imidazole rings is 1. The van der Waals surface area contributed by atoms with Crippen molar-refractivity contribution in [2.24, 2.45) is 0 Å². The lowest BCUT2D eigenvalue weighted by Crippen LogP contribution is -1.96. The van der Waals surface area contributed by atoms with Crippen molar-refractivity contribution in [1.29, 1.82) is 0 Å². The SMILES string of the molecule is Cc1c(-c2cnc(Oc3cccc(F)c3)nc2)ccc2nccn12.Cl. The molecule has 0 atom stereocenters. The highest BCUT2D eigenvalue weighted by Crippen LogP contribution is 2.25. The van der Waals surface area contributed by atoms with Crippen LogP contribution in [0, 0.1) is 12.7 Å². The van der Waals surface area contributed by atoms with E-state index in [9.17, 15) is 4.39 Å². The van der Waals surface area contributed by atoms with E-state index < -0.39 is 0 Å². The fraction of sp³-hybridized carbons (Fsp3) is 0.0556. The Morgan fingerprint density at radius 2 is 1.84 bits per heavy atom. The number of pyridine rings is 1. The number of ether oxygens (including phenoxy) is 1. The molecule has 0 fully saturated rings. The van der Waals surface area contributed by atoms with Gasteiger partial charge in [0.15, 0.2) is 0 Å². The second-order valence-corrected chi connectivity index (χ2v) is 5.30. The van der Waals surface area contributed by atoms with Crippen LogP contribution < -0.4 is 4.74 Å². The maximum absolute atomic E-state index is 13.2. The number of fused-ring (bicyclic) bond motifs is 1. The summed E-state index contributed by atoms with van der Waals surface area (Å²) in [7, 11) is 0. The molecule has 0 saturated heterocycles. The highest BCUT2D eigenvalue weighted by molar-refractivity contribution is 5.85. The number of hydrogen-bond acceptors (Lipinski definition) is 4. The first-order valence-electron chi connectivity index (χ1n) is 7.39. The van der Waals surface area contributed by atoms with Crippen molar-refractivity contribution in [1.82, 2.24) is 19.4 Å². The van der Waals surface area contributed by atoms with E-state index in [-0.39, 0.29) is 24.2 Å². The molecule has 0 saturated carbocycles. The van der Waals surface area contributed by atoms with Gasteiger partial charge >= 0.3 is 6.01 Å². The summed E-state index contributed by atoms with van der Waals surface area (Å²) >= 11 is 0. The van der Waals surface area contributed by atoms with E-state index in [0.717, 1.165) is 22.5 Å². The van der Waals surface area contributed by atoms with E-state index in [0.29, 0.717) is 5.75 Å². The lowest BCUT2D eigenvalue weighted by molar-refractivity contribution is 0.438. The van der Waals surface area contributed by atoms with Crippen molar-refractivity contribution in [3.05, 3.63) is 72.7 Å². The molecular weight excluding hydrogens is 343 g/mol. The molecule has 0 bridgehead atoms. The molecule has 0 amide bonds. The molecule has 5 nitrogen and oxygen atoms in total. The molecule has 1 aromatic carbocycles. The third kappa shape index (κ3) is 3.29. The van der Waals surface area contributed by atoms with Gasteiger partial charge in [0.1, 0.15) is 17.2 Å². The number of benzene rings is 1. The van der Waals surface area contributed by atoms with Gasteiger partial charge in [-0.3, -0.25) is 0 Å². The summed E-state index contributed by atoms with van der Waals surface area (Å²) in [6, 6.07) is 9.97. The molecule has 0 N–H and O–H groups in total. The first-order chi connectivity index (χ1) is 11.7. The molecule has 126 valence electrons. The average Bonchev–Trinajstić information content (AvgIpc) is 3.06. The van der Waals surface area contributed by atoms with Gasteiger partial charge in [-0.1, -0.05) is 6.07 Å². The predicted octanol–water partition coefficient (Wildman–Crippen LogP) is 4.45. The van der Waals surface area contributed by atoms with Crippen LogP contribution in [0.5, 0.6) is 11.8 Å². The Labute approximate surface area is 149 Å². The average molecular weight is 357 g/mol. The van der Waals surface area contributed by atoms with Crippen LogP contribution in [-0.2, 0) is 0 Å². The maximum Gasteiger partial charge on any atom is 0.321 e. The normalized spacial score (nSPS) is 10.5. The highest BCUT2D eigenvalue weighted by atomic mass is 35.5. The topological polar surface area (TPSA) is 52.3 Å². The van der Waals surface area contributed by atoms with Gasteiger partial charge in [-0.2, -0.15) is 0 Å². The number of aromatic nitrogens is 4. The number of rotatable bonds is 3. The highest BCUT2D eigenvalue weighted by Gasteiger charge is 2.08. The van der Waals surface area contributed by atoms with E-state index in [2.05, 4.69) is 15.0 Å². The van der Waals surface area contributed by atoms with E-state index >= 15 is 0 Å². The number of aryl methyl sites for hydroxylation is 1. The lowest BCUT2D eigenvalue weighted by Gasteiger charge is -2.09. The first kappa shape index (κ1) is 16.9. The smallest absolute Gasteiger partial charge is 0.321 e. The fourth-order valence-corrected chi connectivity index (χ4v) is 2.58. The van der Waals surface area contributed by atoms with Gasteiger partial charge < -0.3 is 9.14 Å². The molecular formula is C18H14ClFN4O. The van der Waals surface area contributed by atoms with Crippen molar-refractivity contribution >= 4 is 18.1 Å². The summed E-state index contributed by atoms with van der Waals surface area (Å²) in [6.45, 7) is 2.02. The van der Waals surface area contributed by atoms with Crippen molar-refractivity contribution in [2.75, 3.05) is 0 Å². The van der Waals surface area contributed by atoms with Crippen LogP contribution in [0.4, 0.5) is 4.39 Å². The molecule has 0 aliphatic carbocycles. The van der Waals surface area contributed by atoms with Crippen LogP contribution in [-0.4, -0.2) is 19.4 Å². The fourth-order valence-electron chi connectivity index (χ4n) is 2.58. The third-order valence-electron chi connectivity index (χ3n) is 3.76. The monoisotopic (exact) mass is 356 g/mol. The molecule has 3 heterocycles. The molecule has 0 unspecified atom stereocenters. The van der Waals surface area contributed by atoms with Crippen LogP contribution in [0.1, 0.15) is 5.69 Å². The second kappa shape index (κ2) is 6.86. The van der Waals surface area contributed by atoms with Gasteiger partial charge in [-0.15, -0.1) is 12.4 Å². The number of halogens is 2. The largest absolute Gasteiger partial charge is 0.424 e. The summed E-state index contributed by atoms with van der Waals surface area (Å²) in [5, 5.41) is 0. The minimum atomic E-state index is -0.367. The zero-order valence-electron chi connectivity index (χ0n) is 13.3. The predicted molar refractivity (Wildman–Crippen MR) is 94.7 cm³/mol. The summed E-state index contributed by atoms with van der Waals surface area (Å²) < 4.78 is 20.6. The van der Waals surface area contributed by atoms with E-state index in [4.69, 9.17) is 4.74 Å². The van der Waals surface area contributed by atoms with Crippen LogP contribution in [0.25, 0.3) is 16.8 Å². The van der Waals surface area contributed by atoms with Gasteiger partial charge in [-0.05, 0) is 31.2 Å². The summed E-state index contributed by atoms with van der Waals surface area (Å²) in [5.74, 6) is -0.00727. The molecule has 0 spiro atoms. The Morgan fingerprint density at radius 3 is 2.60 bits per heavy atom. The Bertz CT molecular complexity index is 1020. The van der Waals surface area contributed by atoms with Gasteiger partial charge in [0, 0.05) is 47.7 Å². The van der Waals surface area contributed by atoms with Gasteiger partial charge in [0.05, 0.1) is 0 Å². The molecule has 4 aromatic rings. The third-order valence-corrected chi connectivity index (χ3v) is 3.76.